The summed E-state index contributed by atoms with van der Waals surface area (Å²) < 4.78 is 0. The van der Waals surface area contributed by atoms with E-state index in [1.165, 1.54) is 6.40 Å². The van der Waals surface area contributed by atoms with Gasteiger partial charge >= 0.3 is 0 Å². The molecule has 0 fully saturated rings. The van der Waals surface area contributed by atoms with Gasteiger partial charge in [0.25, 0.3) is 0 Å². The van der Waals surface area contributed by atoms with E-state index in [0.717, 1.165) is 16.6 Å². The number of aliphatic imine (C=N–C) groups is 1. The molecule has 6 heteroatoms. The van der Waals surface area contributed by atoms with Crippen LogP contribution in [-0.2, 0) is 4.84 Å². The first kappa shape index (κ1) is 9.62. The molecule has 3 heterocycles. The highest BCUT2D eigenvalue weighted by Crippen LogP contribution is 2.33. The number of fused-ring (bicyclic) bond motifs is 1. The van der Waals surface area contributed by atoms with Gasteiger partial charge in [-0.05, 0) is 6.07 Å². The molecule has 1 N–H and O–H groups in total. The third-order valence-electron chi connectivity index (χ3n) is 2.59. The molecule has 0 amide bonds. The summed E-state index contributed by atoms with van der Waals surface area (Å²) >= 11 is 6.31. The summed E-state index contributed by atoms with van der Waals surface area (Å²) in [6.45, 7) is 0. The zero-order chi connectivity index (χ0) is 11.1. The SMILES string of the molecule is CN1OC=NC1c1cnc2[nH]ccc2c1Cl. The van der Waals surface area contributed by atoms with Crippen LogP contribution in [0, 0.1) is 0 Å². The van der Waals surface area contributed by atoms with Gasteiger partial charge in [0.2, 0.25) is 0 Å². The van der Waals surface area contributed by atoms with Crippen molar-refractivity contribution in [3.05, 3.63) is 29.0 Å². The molecule has 0 aliphatic carbocycles. The van der Waals surface area contributed by atoms with E-state index in [9.17, 15) is 0 Å². The molecule has 1 atom stereocenters. The van der Waals surface area contributed by atoms with Crippen molar-refractivity contribution in [3.63, 3.8) is 0 Å². The standard InChI is InChI=1S/C10H9ClN4O/c1-15-10(14-5-16-15)7-4-13-9-6(8(7)11)2-3-12-9/h2-5,10H,1H3,(H,12,13). The molecule has 1 aliphatic rings. The molecule has 82 valence electrons. The first-order valence-corrected chi connectivity index (χ1v) is 5.18. The van der Waals surface area contributed by atoms with Crippen LogP contribution in [-0.4, -0.2) is 28.5 Å². The monoisotopic (exact) mass is 236 g/mol. The lowest BCUT2D eigenvalue weighted by Crippen LogP contribution is -2.17. The fourth-order valence-corrected chi connectivity index (χ4v) is 2.06. The Bertz CT molecular complexity index is 565. The number of pyridine rings is 1. The number of aromatic nitrogens is 2. The summed E-state index contributed by atoms with van der Waals surface area (Å²) in [5.74, 6) is 0. The molecule has 2 aromatic heterocycles. The van der Waals surface area contributed by atoms with Crippen LogP contribution in [0.2, 0.25) is 5.02 Å². The maximum absolute atomic E-state index is 6.31. The first-order chi connectivity index (χ1) is 7.77. The van der Waals surface area contributed by atoms with E-state index in [2.05, 4.69) is 15.0 Å². The van der Waals surface area contributed by atoms with Gasteiger partial charge in [0.1, 0.15) is 5.65 Å². The van der Waals surface area contributed by atoms with Crippen molar-refractivity contribution in [1.29, 1.82) is 0 Å². The molecule has 0 radical (unpaired) electrons. The summed E-state index contributed by atoms with van der Waals surface area (Å²) in [6, 6.07) is 1.90. The number of nitrogens with one attached hydrogen (secondary N) is 1. The van der Waals surface area contributed by atoms with Crippen LogP contribution in [0.1, 0.15) is 11.7 Å². The van der Waals surface area contributed by atoms with Crippen molar-refractivity contribution in [1.82, 2.24) is 15.0 Å². The highest BCUT2D eigenvalue weighted by molar-refractivity contribution is 6.36. The minimum Gasteiger partial charge on any atom is -0.392 e. The fraction of sp³-hybridized carbons (Fsp3) is 0.200. The predicted octanol–water partition coefficient (Wildman–Crippen LogP) is 2.12. The van der Waals surface area contributed by atoms with Gasteiger partial charge in [0.15, 0.2) is 12.6 Å². The Morgan fingerprint density at radius 3 is 3.19 bits per heavy atom. The minimum atomic E-state index is -0.223. The number of rotatable bonds is 1. The number of nitrogens with zero attached hydrogens (tertiary/aromatic N) is 3. The number of hydrogen-bond acceptors (Lipinski definition) is 4. The maximum atomic E-state index is 6.31. The van der Waals surface area contributed by atoms with Crippen LogP contribution in [0.4, 0.5) is 0 Å². The zero-order valence-electron chi connectivity index (χ0n) is 8.51. The van der Waals surface area contributed by atoms with Crippen LogP contribution in [0.5, 0.6) is 0 Å². The summed E-state index contributed by atoms with van der Waals surface area (Å²) in [5, 5.41) is 3.18. The summed E-state index contributed by atoms with van der Waals surface area (Å²) in [6.07, 6.45) is 4.71. The van der Waals surface area contributed by atoms with Crippen molar-refractivity contribution in [2.75, 3.05) is 7.05 Å². The Kier molecular flexibility index (Phi) is 2.08. The average Bonchev–Trinajstić information content (AvgIpc) is 2.88. The molecule has 3 rings (SSSR count). The van der Waals surface area contributed by atoms with Gasteiger partial charge in [-0.3, -0.25) is 0 Å². The Morgan fingerprint density at radius 1 is 1.56 bits per heavy atom. The number of hydrogen-bond donors (Lipinski definition) is 1. The largest absolute Gasteiger partial charge is 0.392 e. The molecule has 2 aromatic rings. The number of H-pyrrole nitrogens is 1. The molecule has 5 nitrogen and oxygen atoms in total. The molecule has 1 unspecified atom stereocenters. The first-order valence-electron chi connectivity index (χ1n) is 4.80. The van der Waals surface area contributed by atoms with Gasteiger partial charge in [-0.2, -0.15) is 0 Å². The molecule has 0 bridgehead atoms. The van der Waals surface area contributed by atoms with Crippen molar-refractivity contribution in [2.45, 2.75) is 6.17 Å². The van der Waals surface area contributed by atoms with E-state index < -0.39 is 0 Å². The molecule has 0 spiro atoms. The van der Waals surface area contributed by atoms with Gasteiger partial charge in [0.05, 0.1) is 5.02 Å². The van der Waals surface area contributed by atoms with Gasteiger partial charge in [0, 0.05) is 30.4 Å². The summed E-state index contributed by atoms with van der Waals surface area (Å²) in [7, 11) is 1.80. The molecule has 1 aliphatic heterocycles. The van der Waals surface area contributed by atoms with E-state index in [1.807, 2.05) is 12.3 Å². The topological polar surface area (TPSA) is 53.5 Å². The van der Waals surface area contributed by atoms with Gasteiger partial charge < -0.3 is 9.82 Å². The lowest BCUT2D eigenvalue weighted by atomic mass is 10.2. The number of aromatic amines is 1. The molecule has 16 heavy (non-hydrogen) atoms. The van der Waals surface area contributed by atoms with Crippen LogP contribution in [0.25, 0.3) is 11.0 Å². The third-order valence-corrected chi connectivity index (χ3v) is 3.01. The lowest BCUT2D eigenvalue weighted by molar-refractivity contribution is -0.0525. The van der Waals surface area contributed by atoms with E-state index >= 15 is 0 Å². The molecule has 0 saturated carbocycles. The van der Waals surface area contributed by atoms with Crippen molar-refractivity contribution in [2.24, 2.45) is 4.99 Å². The van der Waals surface area contributed by atoms with Crippen LogP contribution in [0.3, 0.4) is 0 Å². The van der Waals surface area contributed by atoms with E-state index in [4.69, 9.17) is 16.4 Å². The van der Waals surface area contributed by atoms with Crippen molar-refractivity contribution in [3.8, 4) is 0 Å². The quantitative estimate of drug-likeness (QED) is 0.825. The Morgan fingerprint density at radius 2 is 2.44 bits per heavy atom. The minimum absolute atomic E-state index is 0.223. The second kappa shape index (κ2) is 3.47. The molecular weight excluding hydrogens is 228 g/mol. The highest BCUT2D eigenvalue weighted by Gasteiger charge is 2.24. The summed E-state index contributed by atoms with van der Waals surface area (Å²) in [5.41, 5.74) is 1.62. The van der Waals surface area contributed by atoms with E-state index in [-0.39, 0.29) is 6.17 Å². The third kappa shape index (κ3) is 1.29. The average molecular weight is 237 g/mol. The van der Waals surface area contributed by atoms with Gasteiger partial charge in [-0.15, -0.1) is 5.06 Å². The smallest absolute Gasteiger partial charge is 0.198 e. The normalized spacial score (nSPS) is 20.5. The van der Waals surface area contributed by atoms with Gasteiger partial charge in [-0.25, -0.2) is 9.98 Å². The van der Waals surface area contributed by atoms with Gasteiger partial charge in [-0.1, -0.05) is 11.6 Å². The molecule has 0 saturated heterocycles. The van der Waals surface area contributed by atoms with Crippen LogP contribution < -0.4 is 0 Å². The van der Waals surface area contributed by atoms with E-state index in [1.54, 1.807) is 18.3 Å². The summed E-state index contributed by atoms with van der Waals surface area (Å²) in [4.78, 5) is 16.6. The Labute approximate surface area is 96.7 Å². The lowest BCUT2D eigenvalue weighted by Gasteiger charge is -2.16. The predicted molar refractivity (Wildman–Crippen MR) is 61.2 cm³/mol. The second-order valence-corrected chi connectivity index (χ2v) is 3.93. The maximum Gasteiger partial charge on any atom is 0.198 e. The van der Waals surface area contributed by atoms with Crippen LogP contribution in [0.15, 0.2) is 23.5 Å². The Balaban J connectivity index is 2.16. The van der Waals surface area contributed by atoms with Crippen molar-refractivity contribution >= 4 is 29.0 Å². The second-order valence-electron chi connectivity index (χ2n) is 3.55. The van der Waals surface area contributed by atoms with E-state index in [0.29, 0.717) is 5.02 Å². The van der Waals surface area contributed by atoms with Crippen LogP contribution >= 0.6 is 11.6 Å². The Hall–Kier alpha value is -1.59. The number of halogens is 1. The highest BCUT2D eigenvalue weighted by atomic mass is 35.5. The molecule has 0 aromatic carbocycles. The fourth-order valence-electron chi connectivity index (χ4n) is 1.76. The number of hydroxylamine groups is 2. The van der Waals surface area contributed by atoms with Crippen molar-refractivity contribution < 1.29 is 4.84 Å². The zero-order valence-corrected chi connectivity index (χ0v) is 9.27. The molecular formula is C10H9ClN4O.